The number of benzene rings is 2. The number of halogens is 1. The van der Waals surface area contributed by atoms with Crippen LogP contribution < -0.4 is 4.74 Å². The SMILES string of the molecule is CCOC(=O)C1=C(O)/C(=C/c2cc(Br)c(O)c(OCC)c2)SC1=NC(=O)c1ccc(C)cc1. The summed E-state index contributed by atoms with van der Waals surface area (Å²) >= 11 is 4.26. The number of aromatic hydroxyl groups is 1. The normalized spacial score (nSPS) is 15.9. The van der Waals surface area contributed by atoms with E-state index in [-0.39, 0.29) is 34.5 Å². The van der Waals surface area contributed by atoms with Crippen LogP contribution in [0.25, 0.3) is 6.08 Å². The van der Waals surface area contributed by atoms with Gasteiger partial charge in [-0.15, -0.1) is 0 Å². The van der Waals surface area contributed by atoms with Crippen LogP contribution in [0.15, 0.2) is 62.1 Å². The molecule has 0 spiro atoms. The Morgan fingerprint density at radius 2 is 1.82 bits per heavy atom. The first-order chi connectivity index (χ1) is 15.7. The summed E-state index contributed by atoms with van der Waals surface area (Å²) in [5.74, 6) is -1.44. The molecule has 7 nitrogen and oxygen atoms in total. The van der Waals surface area contributed by atoms with E-state index >= 15 is 0 Å². The fourth-order valence-corrected chi connectivity index (χ4v) is 4.41. The van der Waals surface area contributed by atoms with Crippen molar-refractivity contribution in [2.24, 2.45) is 4.99 Å². The Bertz CT molecular complexity index is 1180. The van der Waals surface area contributed by atoms with E-state index in [9.17, 15) is 19.8 Å². The molecule has 2 aromatic carbocycles. The molecule has 0 bridgehead atoms. The Hall–Kier alpha value is -3.04. The van der Waals surface area contributed by atoms with Gasteiger partial charge in [0.2, 0.25) is 0 Å². The number of amides is 1. The molecule has 1 aliphatic rings. The second kappa shape index (κ2) is 10.7. The van der Waals surface area contributed by atoms with E-state index in [4.69, 9.17) is 9.47 Å². The summed E-state index contributed by atoms with van der Waals surface area (Å²) in [4.78, 5) is 29.6. The van der Waals surface area contributed by atoms with E-state index in [0.29, 0.717) is 27.1 Å². The highest BCUT2D eigenvalue weighted by Crippen LogP contribution is 2.41. The molecule has 1 aliphatic heterocycles. The molecule has 0 fully saturated rings. The fraction of sp³-hybridized carbons (Fsp3) is 0.208. The molecule has 2 aromatic rings. The van der Waals surface area contributed by atoms with E-state index in [0.717, 1.165) is 17.3 Å². The summed E-state index contributed by atoms with van der Waals surface area (Å²) in [7, 11) is 0. The average molecular weight is 532 g/mol. The number of aliphatic imine (C=N–C) groups is 1. The summed E-state index contributed by atoms with van der Waals surface area (Å²) in [6.07, 6.45) is 1.60. The highest BCUT2D eigenvalue weighted by Gasteiger charge is 2.34. The molecule has 0 aromatic heterocycles. The van der Waals surface area contributed by atoms with Gasteiger partial charge in [-0.2, -0.15) is 0 Å². The van der Waals surface area contributed by atoms with Crippen molar-refractivity contribution in [3.8, 4) is 11.5 Å². The van der Waals surface area contributed by atoms with Crippen LogP contribution in [0.2, 0.25) is 0 Å². The Kier molecular flexibility index (Phi) is 7.99. The van der Waals surface area contributed by atoms with Gasteiger partial charge in [-0.3, -0.25) is 4.79 Å². The van der Waals surface area contributed by atoms with E-state index < -0.39 is 11.9 Å². The zero-order valence-corrected chi connectivity index (χ0v) is 20.6. The summed E-state index contributed by atoms with van der Waals surface area (Å²) in [6.45, 7) is 5.79. The minimum Gasteiger partial charge on any atom is -0.506 e. The Morgan fingerprint density at radius 3 is 2.45 bits per heavy atom. The minimum atomic E-state index is -0.775. The third kappa shape index (κ3) is 5.66. The van der Waals surface area contributed by atoms with Crippen molar-refractivity contribution in [3.63, 3.8) is 0 Å². The van der Waals surface area contributed by atoms with Gasteiger partial charge in [0.1, 0.15) is 16.4 Å². The Balaban J connectivity index is 2.04. The van der Waals surface area contributed by atoms with Crippen molar-refractivity contribution in [1.29, 1.82) is 0 Å². The molecule has 1 heterocycles. The standard InChI is InChI=1S/C24H22BrNO6S/c1-4-31-17-11-14(10-16(25)20(17)27)12-18-21(28)19(24(30)32-5-2)23(33-18)26-22(29)15-8-6-13(3)7-9-15/h6-12,27-28H,4-5H2,1-3H3/b18-12-,26-23?. The molecule has 0 saturated heterocycles. The molecule has 0 saturated carbocycles. The highest BCUT2D eigenvalue weighted by molar-refractivity contribution is 9.10. The molecule has 3 rings (SSSR count). The second-order valence-corrected chi connectivity index (χ2v) is 8.81. The van der Waals surface area contributed by atoms with E-state index in [1.807, 2.05) is 6.92 Å². The van der Waals surface area contributed by atoms with Crippen molar-refractivity contribution in [1.82, 2.24) is 0 Å². The van der Waals surface area contributed by atoms with Gasteiger partial charge in [0.05, 0.1) is 22.6 Å². The van der Waals surface area contributed by atoms with Crippen LogP contribution >= 0.6 is 27.7 Å². The number of thioether (sulfide) groups is 1. The molecule has 172 valence electrons. The zero-order valence-electron chi connectivity index (χ0n) is 18.2. The van der Waals surface area contributed by atoms with Crippen molar-refractivity contribution in [2.75, 3.05) is 13.2 Å². The van der Waals surface area contributed by atoms with E-state index in [1.54, 1.807) is 56.3 Å². The molecule has 2 N–H and O–H groups in total. The van der Waals surface area contributed by atoms with Gasteiger partial charge in [0.15, 0.2) is 11.5 Å². The molecule has 0 unspecified atom stereocenters. The minimum absolute atomic E-state index is 0.0454. The molecule has 0 aliphatic carbocycles. The van der Waals surface area contributed by atoms with Gasteiger partial charge in [0.25, 0.3) is 5.91 Å². The highest BCUT2D eigenvalue weighted by atomic mass is 79.9. The van der Waals surface area contributed by atoms with Crippen LogP contribution in [0.4, 0.5) is 0 Å². The number of rotatable bonds is 6. The smallest absolute Gasteiger partial charge is 0.344 e. The number of esters is 1. The summed E-state index contributed by atoms with van der Waals surface area (Å²) in [5.41, 5.74) is 1.77. The third-order valence-electron chi connectivity index (χ3n) is 4.52. The maximum Gasteiger partial charge on any atom is 0.344 e. The maximum atomic E-state index is 12.7. The fourth-order valence-electron chi connectivity index (χ4n) is 2.94. The number of phenolic OH excluding ortho intramolecular Hbond substituents is 1. The molecule has 9 heteroatoms. The molecule has 33 heavy (non-hydrogen) atoms. The molecule has 1 amide bonds. The van der Waals surface area contributed by atoms with Gasteiger partial charge in [-0.05, 0) is 72.6 Å². The number of phenols is 1. The number of ether oxygens (including phenoxy) is 2. The average Bonchev–Trinajstić information content (AvgIpc) is 3.07. The lowest BCUT2D eigenvalue weighted by Gasteiger charge is -2.09. The number of aliphatic hydroxyl groups excluding tert-OH is 1. The van der Waals surface area contributed by atoms with E-state index in [2.05, 4.69) is 20.9 Å². The van der Waals surface area contributed by atoms with Crippen LogP contribution in [0.3, 0.4) is 0 Å². The first-order valence-corrected chi connectivity index (χ1v) is 11.7. The Labute approximate surface area is 204 Å². The number of hydrogen-bond donors (Lipinski definition) is 2. The van der Waals surface area contributed by atoms with Crippen LogP contribution in [-0.4, -0.2) is 40.3 Å². The number of carbonyl (C=O) groups excluding carboxylic acids is 2. The predicted octanol–water partition coefficient (Wildman–Crippen LogP) is 5.56. The number of hydrogen-bond acceptors (Lipinski definition) is 7. The molecular weight excluding hydrogens is 510 g/mol. The monoisotopic (exact) mass is 531 g/mol. The Morgan fingerprint density at radius 1 is 1.12 bits per heavy atom. The molecule has 0 radical (unpaired) electrons. The van der Waals surface area contributed by atoms with Gasteiger partial charge >= 0.3 is 5.97 Å². The number of nitrogens with zero attached hydrogens (tertiary/aromatic N) is 1. The topological polar surface area (TPSA) is 105 Å². The lowest BCUT2D eigenvalue weighted by Crippen LogP contribution is -2.14. The zero-order chi connectivity index (χ0) is 24.1. The lowest BCUT2D eigenvalue weighted by molar-refractivity contribution is -0.138. The van der Waals surface area contributed by atoms with Crippen LogP contribution in [0.1, 0.15) is 35.3 Å². The maximum absolute atomic E-state index is 12.7. The lowest BCUT2D eigenvalue weighted by atomic mass is 10.1. The van der Waals surface area contributed by atoms with Crippen LogP contribution in [0.5, 0.6) is 11.5 Å². The number of carbonyl (C=O) groups is 2. The first kappa shape index (κ1) is 24.6. The van der Waals surface area contributed by atoms with Crippen molar-refractivity contribution in [2.45, 2.75) is 20.8 Å². The van der Waals surface area contributed by atoms with Gasteiger partial charge in [-0.1, -0.05) is 29.5 Å². The van der Waals surface area contributed by atoms with Crippen LogP contribution in [0, 0.1) is 6.92 Å². The summed E-state index contributed by atoms with van der Waals surface area (Å²) < 4.78 is 10.9. The van der Waals surface area contributed by atoms with Gasteiger partial charge in [0, 0.05) is 5.56 Å². The van der Waals surface area contributed by atoms with Crippen molar-refractivity contribution < 1.29 is 29.3 Å². The van der Waals surface area contributed by atoms with Crippen molar-refractivity contribution in [3.05, 3.63) is 73.8 Å². The number of aliphatic hydroxyl groups is 1. The number of aryl methyl sites for hydroxylation is 1. The van der Waals surface area contributed by atoms with Gasteiger partial charge < -0.3 is 19.7 Å². The first-order valence-electron chi connectivity index (χ1n) is 10.1. The molecular formula is C24H22BrNO6S. The van der Waals surface area contributed by atoms with E-state index in [1.165, 1.54) is 0 Å². The predicted molar refractivity (Wildman–Crippen MR) is 132 cm³/mol. The van der Waals surface area contributed by atoms with Gasteiger partial charge in [-0.25, -0.2) is 9.79 Å². The molecule has 0 atom stereocenters. The largest absolute Gasteiger partial charge is 0.506 e. The summed E-state index contributed by atoms with van der Waals surface area (Å²) in [6, 6.07) is 10.1. The second-order valence-electron chi connectivity index (χ2n) is 6.93. The van der Waals surface area contributed by atoms with Crippen LogP contribution in [-0.2, 0) is 9.53 Å². The quantitative estimate of drug-likeness (QED) is 0.469. The summed E-state index contributed by atoms with van der Waals surface area (Å²) in [5, 5.41) is 21.0. The third-order valence-corrected chi connectivity index (χ3v) is 6.14. The van der Waals surface area contributed by atoms with Crippen molar-refractivity contribution >= 4 is 50.7 Å².